The Balaban J connectivity index is 1.77. The monoisotopic (exact) mass is 283 g/mol. The topological polar surface area (TPSA) is 51.0 Å². The Labute approximate surface area is 121 Å². The second kappa shape index (κ2) is 5.75. The van der Waals surface area contributed by atoms with Gasteiger partial charge in [-0.05, 0) is 42.0 Å². The summed E-state index contributed by atoms with van der Waals surface area (Å²) in [5, 5.41) is 7.01. The number of hydrogen-bond donors (Lipinski definition) is 1. The van der Waals surface area contributed by atoms with Crippen molar-refractivity contribution in [3.05, 3.63) is 65.7 Å². The fourth-order valence-electron chi connectivity index (χ4n) is 2.01. The van der Waals surface area contributed by atoms with Crippen LogP contribution in [0.15, 0.2) is 53.1 Å². The molecule has 1 heterocycles. The van der Waals surface area contributed by atoms with Gasteiger partial charge in [-0.25, -0.2) is 4.39 Å². The maximum Gasteiger partial charge on any atom is 0.257 e. The van der Waals surface area contributed by atoms with Crippen molar-refractivity contribution in [3.8, 4) is 11.5 Å². The van der Waals surface area contributed by atoms with E-state index in [1.807, 2.05) is 31.3 Å². The molecule has 21 heavy (non-hydrogen) atoms. The van der Waals surface area contributed by atoms with Crippen LogP contribution in [0.2, 0.25) is 0 Å². The Bertz CT molecular complexity index is 720. The molecule has 5 heteroatoms. The van der Waals surface area contributed by atoms with Crippen LogP contribution in [-0.2, 0) is 6.42 Å². The summed E-state index contributed by atoms with van der Waals surface area (Å²) in [4.78, 5) is 4.36. The number of rotatable bonds is 4. The van der Waals surface area contributed by atoms with E-state index < -0.39 is 0 Å². The number of anilines is 1. The fraction of sp³-hybridized carbons (Fsp3) is 0.125. The highest BCUT2D eigenvalue weighted by Crippen LogP contribution is 2.20. The standard InChI is InChI=1S/C16H14FN3O/c1-18-14-8-4-12(5-9-14)16-19-15(20-21-16)10-11-2-6-13(17)7-3-11/h2-9,18H,10H2,1H3. The van der Waals surface area contributed by atoms with Crippen molar-refractivity contribution >= 4 is 5.69 Å². The van der Waals surface area contributed by atoms with Crippen LogP contribution in [0, 0.1) is 5.82 Å². The normalized spacial score (nSPS) is 10.6. The Hall–Kier alpha value is -2.69. The Kier molecular flexibility index (Phi) is 3.64. The van der Waals surface area contributed by atoms with E-state index >= 15 is 0 Å². The Morgan fingerprint density at radius 2 is 1.76 bits per heavy atom. The van der Waals surface area contributed by atoms with E-state index in [1.165, 1.54) is 12.1 Å². The van der Waals surface area contributed by atoms with Crippen molar-refractivity contribution in [2.24, 2.45) is 0 Å². The molecule has 0 aliphatic carbocycles. The first-order valence-corrected chi connectivity index (χ1v) is 6.60. The quantitative estimate of drug-likeness (QED) is 0.796. The molecule has 4 nitrogen and oxygen atoms in total. The van der Waals surface area contributed by atoms with E-state index in [0.29, 0.717) is 18.1 Å². The lowest BCUT2D eigenvalue weighted by Crippen LogP contribution is -1.91. The maximum atomic E-state index is 12.9. The summed E-state index contributed by atoms with van der Waals surface area (Å²) in [7, 11) is 1.86. The van der Waals surface area contributed by atoms with Gasteiger partial charge in [0.2, 0.25) is 0 Å². The van der Waals surface area contributed by atoms with E-state index in [1.54, 1.807) is 12.1 Å². The lowest BCUT2D eigenvalue weighted by atomic mass is 10.1. The first kappa shape index (κ1) is 13.3. The zero-order chi connectivity index (χ0) is 14.7. The molecule has 0 bridgehead atoms. The zero-order valence-corrected chi connectivity index (χ0v) is 11.5. The molecule has 0 atom stereocenters. The predicted molar refractivity (Wildman–Crippen MR) is 78.5 cm³/mol. The summed E-state index contributed by atoms with van der Waals surface area (Å²) in [5.74, 6) is 0.807. The van der Waals surface area contributed by atoms with Gasteiger partial charge in [0, 0.05) is 24.7 Å². The number of benzene rings is 2. The molecule has 0 fully saturated rings. The van der Waals surface area contributed by atoms with E-state index in [2.05, 4.69) is 15.5 Å². The molecule has 0 unspecified atom stereocenters. The van der Waals surface area contributed by atoms with Crippen molar-refractivity contribution < 1.29 is 8.91 Å². The molecule has 0 aliphatic rings. The van der Waals surface area contributed by atoms with Crippen LogP contribution < -0.4 is 5.32 Å². The Morgan fingerprint density at radius 3 is 2.43 bits per heavy atom. The first-order valence-electron chi connectivity index (χ1n) is 6.60. The maximum absolute atomic E-state index is 12.9. The SMILES string of the molecule is CNc1ccc(-c2nc(Cc3ccc(F)cc3)no2)cc1. The molecule has 0 radical (unpaired) electrons. The van der Waals surface area contributed by atoms with Crippen LogP contribution in [0.5, 0.6) is 0 Å². The minimum Gasteiger partial charge on any atom is -0.388 e. The highest BCUT2D eigenvalue weighted by Gasteiger charge is 2.09. The second-order valence-electron chi connectivity index (χ2n) is 4.65. The molecular weight excluding hydrogens is 269 g/mol. The molecule has 3 aromatic rings. The van der Waals surface area contributed by atoms with Gasteiger partial charge in [-0.3, -0.25) is 0 Å². The van der Waals surface area contributed by atoms with Gasteiger partial charge in [-0.2, -0.15) is 4.98 Å². The van der Waals surface area contributed by atoms with Gasteiger partial charge in [-0.15, -0.1) is 0 Å². The average Bonchev–Trinajstić information content (AvgIpc) is 2.98. The molecule has 0 spiro atoms. The van der Waals surface area contributed by atoms with Crippen LogP contribution in [0.25, 0.3) is 11.5 Å². The summed E-state index contributed by atoms with van der Waals surface area (Å²) in [5.41, 5.74) is 2.82. The fourth-order valence-corrected chi connectivity index (χ4v) is 2.01. The molecule has 3 rings (SSSR count). The van der Waals surface area contributed by atoms with Crippen molar-refractivity contribution in [2.45, 2.75) is 6.42 Å². The number of nitrogens with zero attached hydrogens (tertiary/aromatic N) is 2. The Morgan fingerprint density at radius 1 is 1.05 bits per heavy atom. The number of nitrogens with one attached hydrogen (secondary N) is 1. The van der Waals surface area contributed by atoms with Gasteiger partial charge in [0.1, 0.15) is 5.82 Å². The van der Waals surface area contributed by atoms with Crippen LogP contribution >= 0.6 is 0 Å². The largest absolute Gasteiger partial charge is 0.388 e. The van der Waals surface area contributed by atoms with Gasteiger partial charge < -0.3 is 9.84 Å². The summed E-state index contributed by atoms with van der Waals surface area (Å²) >= 11 is 0. The number of aromatic nitrogens is 2. The lowest BCUT2D eigenvalue weighted by molar-refractivity contribution is 0.424. The summed E-state index contributed by atoms with van der Waals surface area (Å²) in [6, 6.07) is 14.0. The molecule has 1 aromatic heterocycles. The minimum atomic E-state index is -0.253. The third-order valence-corrected chi connectivity index (χ3v) is 3.16. The summed E-state index contributed by atoms with van der Waals surface area (Å²) in [6.45, 7) is 0. The molecule has 0 amide bonds. The van der Waals surface area contributed by atoms with E-state index in [4.69, 9.17) is 4.52 Å². The van der Waals surface area contributed by atoms with Crippen molar-refractivity contribution in [2.75, 3.05) is 12.4 Å². The zero-order valence-electron chi connectivity index (χ0n) is 11.5. The molecule has 0 saturated carbocycles. The van der Waals surface area contributed by atoms with E-state index in [0.717, 1.165) is 16.8 Å². The number of hydrogen-bond acceptors (Lipinski definition) is 4. The van der Waals surface area contributed by atoms with Gasteiger partial charge in [0.15, 0.2) is 5.82 Å². The lowest BCUT2D eigenvalue weighted by Gasteiger charge is -1.99. The number of halogens is 1. The van der Waals surface area contributed by atoms with Gasteiger partial charge in [-0.1, -0.05) is 17.3 Å². The molecular formula is C16H14FN3O. The summed E-state index contributed by atoms with van der Waals surface area (Å²) in [6.07, 6.45) is 0.512. The van der Waals surface area contributed by atoms with Crippen molar-refractivity contribution in [3.63, 3.8) is 0 Å². The van der Waals surface area contributed by atoms with Gasteiger partial charge in [0.05, 0.1) is 0 Å². The van der Waals surface area contributed by atoms with Crippen molar-refractivity contribution in [1.82, 2.24) is 10.1 Å². The first-order chi connectivity index (χ1) is 10.2. The van der Waals surface area contributed by atoms with Gasteiger partial charge in [0.25, 0.3) is 5.89 Å². The second-order valence-corrected chi connectivity index (χ2v) is 4.65. The predicted octanol–water partition coefficient (Wildman–Crippen LogP) is 3.51. The van der Waals surface area contributed by atoms with Crippen molar-refractivity contribution in [1.29, 1.82) is 0 Å². The highest BCUT2D eigenvalue weighted by molar-refractivity contribution is 5.58. The van der Waals surface area contributed by atoms with Gasteiger partial charge >= 0.3 is 0 Å². The van der Waals surface area contributed by atoms with Crippen LogP contribution in [0.3, 0.4) is 0 Å². The molecule has 106 valence electrons. The minimum absolute atomic E-state index is 0.253. The third-order valence-electron chi connectivity index (χ3n) is 3.16. The third kappa shape index (κ3) is 3.08. The van der Waals surface area contributed by atoms with E-state index in [-0.39, 0.29) is 5.82 Å². The van der Waals surface area contributed by atoms with Crippen LogP contribution in [0.4, 0.5) is 10.1 Å². The summed E-state index contributed by atoms with van der Waals surface area (Å²) < 4.78 is 18.1. The molecule has 0 aliphatic heterocycles. The molecule has 1 N–H and O–H groups in total. The highest BCUT2D eigenvalue weighted by atomic mass is 19.1. The average molecular weight is 283 g/mol. The van der Waals surface area contributed by atoms with Crippen LogP contribution in [0.1, 0.15) is 11.4 Å². The smallest absolute Gasteiger partial charge is 0.257 e. The molecule has 0 saturated heterocycles. The molecule has 2 aromatic carbocycles. The van der Waals surface area contributed by atoms with Crippen LogP contribution in [-0.4, -0.2) is 17.2 Å². The van der Waals surface area contributed by atoms with E-state index in [9.17, 15) is 4.39 Å².